The minimum absolute atomic E-state index is 0.0148. The van der Waals surface area contributed by atoms with Gasteiger partial charge >= 0.3 is 33.3 Å². The number of allylic oxidation sites excluding steroid dienone is 2. The number of ether oxygens (including phenoxy) is 3. The maximum Gasteiger partial charge on any atom is 0.402 e. The molecule has 1 aliphatic heterocycles. The van der Waals surface area contributed by atoms with Gasteiger partial charge in [0.25, 0.3) is 0 Å². The number of esters is 3. The number of halogens is 2. The van der Waals surface area contributed by atoms with Gasteiger partial charge in [-0.15, -0.1) is 23.5 Å². The summed E-state index contributed by atoms with van der Waals surface area (Å²) in [6.07, 6.45) is 16.2. The van der Waals surface area contributed by atoms with Crippen LogP contribution in [0.25, 0.3) is 0 Å². The van der Waals surface area contributed by atoms with Gasteiger partial charge in [0.15, 0.2) is 6.61 Å². The second kappa shape index (κ2) is 15.8. The highest BCUT2D eigenvalue weighted by Crippen LogP contribution is 2.56. The largest absolute Gasteiger partial charge is 0.465 e. The van der Waals surface area contributed by atoms with E-state index in [0.717, 1.165) is 50.5 Å². The monoisotopic (exact) mass is 816 g/mol. The normalized spacial score (nSPS) is 40.9. The minimum Gasteiger partial charge on any atom is -0.465 e. The van der Waals surface area contributed by atoms with Crippen LogP contribution < -0.4 is 0 Å². The molecule has 14 heteroatoms. The summed E-state index contributed by atoms with van der Waals surface area (Å²) in [5, 5.41) is -4.59. The molecule has 6 fully saturated rings. The summed E-state index contributed by atoms with van der Waals surface area (Å²) >= 11 is 3.41. The summed E-state index contributed by atoms with van der Waals surface area (Å²) in [7, 11) is -5.73. The molecule has 7 unspecified atom stereocenters. The van der Waals surface area contributed by atoms with Crippen molar-refractivity contribution in [2.75, 3.05) is 31.3 Å². The molecule has 9 nitrogen and oxygen atoms in total. The zero-order valence-electron chi connectivity index (χ0n) is 31.7. The van der Waals surface area contributed by atoms with Crippen LogP contribution >= 0.6 is 23.5 Å². The third kappa shape index (κ3) is 8.71. The molecule has 0 aromatic heterocycles. The summed E-state index contributed by atoms with van der Waals surface area (Å²) < 4.78 is 76.7. The van der Waals surface area contributed by atoms with Crippen LogP contribution in [0.2, 0.25) is 0 Å². The van der Waals surface area contributed by atoms with E-state index in [1.54, 1.807) is 23.5 Å². The average Bonchev–Trinajstić information content (AvgIpc) is 3.10. The molecule has 5 saturated carbocycles. The number of carbonyl (C=O) groups excluding carboxylic acids is 3. The van der Waals surface area contributed by atoms with Gasteiger partial charge in [-0.25, -0.2) is 0 Å². The molecule has 7 rings (SSSR count). The molecule has 0 radical (unpaired) electrons. The zero-order valence-corrected chi connectivity index (χ0v) is 34.2. The zero-order chi connectivity index (χ0) is 38.5. The van der Waals surface area contributed by atoms with Gasteiger partial charge in [0, 0.05) is 11.5 Å². The maximum absolute atomic E-state index is 14.0. The van der Waals surface area contributed by atoms with Crippen molar-refractivity contribution in [3.8, 4) is 0 Å². The molecule has 7 atom stereocenters. The lowest BCUT2D eigenvalue weighted by Crippen LogP contribution is -2.48. The van der Waals surface area contributed by atoms with E-state index in [2.05, 4.69) is 19.9 Å². The Morgan fingerprint density at radius 2 is 1.48 bits per heavy atom. The van der Waals surface area contributed by atoms with Crippen LogP contribution in [0, 0.1) is 57.7 Å². The van der Waals surface area contributed by atoms with Crippen molar-refractivity contribution >= 4 is 51.5 Å². The fourth-order valence-corrected chi connectivity index (χ4v) is 15.4. The molecule has 0 spiro atoms. The Labute approximate surface area is 327 Å². The second-order valence-electron chi connectivity index (χ2n) is 18.9. The lowest BCUT2D eigenvalue weighted by Gasteiger charge is -2.47. The van der Waals surface area contributed by atoms with Gasteiger partial charge < -0.3 is 14.2 Å². The van der Waals surface area contributed by atoms with Crippen molar-refractivity contribution in [2.45, 2.75) is 126 Å². The third-order valence-corrected chi connectivity index (χ3v) is 18.6. The van der Waals surface area contributed by atoms with Crippen LogP contribution in [0.15, 0.2) is 11.6 Å². The molecule has 0 amide bonds. The number of fused-ring (bicyclic) bond motifs is 6. The average molecular weight is 817 g/mol. The molecule has 6 aliphatic carbocycles. The number of hydrogen-bond acceptors (Lipinski definition) is 10. The Kier molecular flexibility index (Phi) is 11.9. The van der Waals surface area contributed by atoms with E-state index in [4.69, 9.17) is 18.8 Å². The number of rotatable bonds is 11. The van der Waals surface area contributed by atoms with Gasteiger partial charge in [-0.05, 0) is 125 Å². The van der Waals surface area contributed by atoms with Crippen LogP contribution in [0.4, 0.5) is 8.78 Å². The predicted molar refractivity (Wildman–Crippen MR) is 203 cm³/mol. The van der Waals surface area contributed by atoms with Gasteiger partial charge in [0.05, 0.1) is 26.7 Å². The molecule has 0 aromatic rings. The smallest absolute Gasteiger partial charge is 0.402 e. The van der Waals surface area contributed by atoms with Crippen LogP contribution in [-0.4, -0.2) is 72.0 Å². The van der Waals surface area contributed by atoms with Gasteiger partial charge in [-0.1, -0.05) is 38.3 Å². The Morgan fingerprint density at radius 3 is 2.19 bits per heavy atom. The summed E-state index contributed by atoms with van der Waals surface area (Å²) in [6, 6.07) is 0. The fourth-order valence-electron chi connectivity index (χ4n) is 11.8. The van der Waals surface area contributed by atoms with E-state index in [-0.39, 0.29) is 41.6 Å². The quantitative estimate of drug-likeness (QED) is 0.0932. The molecular weight excluding hydrogens is 759 g/mol. The first-order chi connectivity index (χ1) is 25.5. The summed E-state index contributed by atoms with van der Waals surface area (Å²) in [4.78, 5) is 41.0. The highest BCUT2D eigenvalue weighted by Gasteiger charge is 2.53. The molecule has 0 aromatic carbocycles. The van der Waals surface area contributed by atoms with Gasteiger partial charge in [0.1, 0.15) is 13.2 Å². The van der Waals surface area contributed by atoms with Crippen molar-refractivity contribution in [3.05, 3.63) is 11.6 Å². The van der Waals surface area contributed by atoms with Gasteiger partial charge in [-0.3, -0.25) is 18.9 Å². The van der Waals surface area contributed by atoms with Crippen molar-refractivity contribution in [2.24, 2.45) is 57.7 Å². The highest BCUT2D eigenvalue weighted by molar-refractivity contribution is 8.17. The Morgan fingerprint density at radius 1 is 0.833 bits per heavy atom. The van der Waals surface area contributed by atoms with Crippen molar-refractivity contribution in [1.82, 2.24) is 0 Å². The van der Waals surface area contributed by atoms with Crippen LogP contribution in [0.5, 0.6) is 0 Å². The molecule has 54 heavy (non-hydrogen) atoms. The minimum atomic E-state index is -5.73. The molecule has 1 heterocycles. The predicted octanol–water partition coefficient (Wildman–Crippen LogP) is 8.46. The first-order valence-electron chi connectivity index (χ1n) is 20.3. The first kappa shape index (κ1) is 40.8. The summed E-state index contributed by atoms with van der Waals surface area (Å²) in [5.74, 6) is 2.78. The molecule has 7 aliphatic rings. The number of thioether (sulfide) groups is 2. The molecule has 1 N–H and O–H groups in total. The van der Waals surface area contributed by atoms with Crippen molar-refractivity contribution in [3.63, 3.8) is 0 Å². The first-order valence-corrected chi connectivity index (χ1v) is 23.8. The van der Waals surface area contributed by atoms with E-state index in [1.165, 1.54) is 32.1 Å². The summed E-state index contributed by atoms with van der Waals surface area (Å²) in [6.45, 7) is 3.16. The van der Waals surface area contributed by atoms with Crippen molar-refractivity contribution in [1.29, 1.82) is 0 Å². The summed E-state index contributed by atoms with van der Waals surface area (Å²) in [5.41, 5.74) is -1.01. The Bertz CT molecular complexity index is 1560. The fraction of sp³-hybridized carbons (Fsp3) is 0.875. The lowest BCUT2D eigenvalue weighted by atomic mass is 9.59. The second-order valence-corrected chi connectivity index (χ2v) is 23.0. The van der Waals surface area contributed by atoms with Gasteiger partial charge in [0.2, 0.25) is 0 Å². The molecular formula is C40H58F2O9S3. The Balaban J connectivity index is 1.03. The van der Waals surface area contributed by atoms with Gasteiger partial charge in [-0.2, -0.15) is 17.2 Å². The van der Waals surface area contributed by atoms with Crippen molar-refractivity contribution < 1.29 is 50.3 Å². The maximum atomic E-state index is 14.0. The van der Waals surface area contributed by atoms with E-state index >= 15 is 0 Å². The van der Waals surface area contributed by atoms with E-state index in [0.29, 0.717) is 66.8 Å². The number of hydrogen-bond donors (Lipinski definition) is 1. The van der Waals surface area contributed by atoms with E-state index in [9.17, 15) is 31.6 Å². The molecule has 304 valence electrons. The molecule has 6 bridgehead atoms. The van der Waals surface area contributed by atoms with Crippen LogP contribution in [-0.2, 0) is 38.7 Å². The van der Waals surface area contributed by atoms with Crippen LogP contribution in [0.1, 0.15) is 117 Å². The van der Waals surface area contributed by atoms with E-state index in [1.807, 2.05) is 0 Å². The third-order valence-electron chi connectivity index (χ3n) is 14.0. The SMILES string of the molecule is CC1CC2CC(C1)CC(C(=O)OCC1(COC(=O)C34CCCC(CC(C)C3)C4)CSC(C3C=C4CCCC(C(=O)OCC(F)(F)S(=O)(=O)O)(C4)C3)SC1)C2. The Hall–Kier alpha value is -1.38. The highest BCUT2D eigenvalue weighted by atomic mass is 32.2. The number of alkyl halides is 2. The lowest BCUT2D eigenvalue weighted by molar-refractivity contribution is -0.169. The van der Waals surface area contributed by atoms with E-state index < -0.39 is 44.2 Å². The van der Waals surface area contributed by atoms with Crippen LogP contribution in [0.3, 0.4) is 0 Å². The number of carbonyl (C=O) groups is 3. The standard InChI is InChI=1S/C40H58F2O9S3/c1-25-9-29-12-30(10-25)15-31(14-29)33(43)49-20-37(21-50-35(44)38-7-3-5-27(17-38)11-26(2)16-38)23-52-34(53-24-37)32-13-28-6-4-8-39(18-28,19-32)36(45)51-22-40(41,42)54(46,47)48/h13,25-27,29-32,34H,3-12,14-24H2,1-2H3,(H,46,47,48). The topological polar surface area (TPSA) is 133 Å². The molecule has 1 saturated heterocycles.